The molecule has 0 aliphatic heterocycles. The second-order valence-electron chi connectivity index (χ2n) is 8.00. The number of hydrogen-bond acceptors (Lipinski definition) is 2. The molecule has 0 fully saturated rings. The number of rotatable bonds is 5. The van der Waals surface area contributed by atoms with Crippen LogP contribution in [0.5, 0.6) is 0 Å². The molecule has 3 heteroatoms. The molecule has 1 aliphatic carbocycles. The molecule has 3 nitrogen and oxygen atoms in total. The number of carbonyl (C=O) groups is 1. The van der Waals surface area contributed by atoms with Gasteiger partial charge in [-0.15, -0.1) is 0 Å². The molecule has 2 aromatic rings. The van der Waals surface area contributed by atoms with E-state index in [9.17, 15) is 9.90 Å². The van der Waals surface area contributed by atoms with Crippen LogP contribution in [0.15, 0.2) is 84.5 Å². The lowest BCUT2D eigenvalue weighted by Gasteiger charge is -2.30. The van der Waals surface area contributed by atoms with E-state index in [2.05, 4.69) is 5.32 Å². The molecule has 0 spiro atoms. The highest BCUT2D eigenvalue weighted by Gasteiger charge is 2.33. The SMILES string of the molecule is CC(C)(C)C(=O)N[C@@H](C1=CC=CC1[C@H](O)c1ccccc1)c1ccccc1. The summed E-state index contributed by atoms with van der Waals surface area (Å²) in [6, 6.07) is 19.3. The molecule has 2 N–H and O–H groups in total. The standard InChI is InChI=1S/C24H27NO2/c1-24(2,3)23(27)25-21(17-11-6-4-7-12-17)19-15-10-16-20(19)22(26)18-13-8-5-9-14-18/h4-16,20-22,26H,1-3H3,(H,25,27)/t20?,21-,22-/m1/s1. The van der Waals surface area contributed by atoms with Crippen molar-refractivity contribution in [2.24, 2.45) is 11.3 Å². The quantitative estimate of drug-likeness (QED) is 0.808. The van der Waals surface area contributed by atoms with Crippen LogP contribution in [0.1, 0.15) is 44.0 Å². The maximum absolute atomic E-state index is 12.7. The maximum atomic E-state index is 12.7. The molecule has 0 heterocycles. The Balaban J connectivity index is 1.93. The number of carbonyl (C=O) groups excluding carboxylic acids is 1. The van der Waals surface area contributed by atoms with Crippen molar-refractivity contribution in [3.05, 3.63) is 95.6 Å². The van der Waals surface area contributed by atoms with Gasteiger partial charge in [0.1, 0.15) is 0 Å². The topological polar surface area (TPSA) is 49.3 Å². The number of nitrogens with one attached hydrogen (secondary N) is 1. The highest BCUT2D eigenvalue weighted by atomic mass is 16.3. The molecule has 1 aliphatic rings. The normalized spacial score (nSPS) is 18.7. The van der Waals surface area contributed by atoms with Crippen molar-refractivity contribution in [2.75, 3.05) is 0 Å². The summed E-state index contributed by atoms with van der Waals surface area (Å²) in [5.41, 5.74) is 2.38. The van der Waals surface area contributed by atoms with E-state index in [1.54, 1.807) is 0 Å². The zero-order valence-corrected chi connectivity index (χ0v) is 16.1. The van der Waals surface area contributed by atoms with Gasteiger partial charge in [0, 0.05) is 11.3 Å². The van der Waals surface area contributed by atoms with Gasteiger partial charge in [-0.2, -0.15) is 0 Å². The maximum Gasteiger partial charge on any atom is 0.226 e. The molecule has 0 saturated carbocycles. The molecular weight excluding hydrogens is 334 g/mol. The highest BCUT2D eigenvalue weighted by Crippen LogP contribution is 2.39. The third kappa shape index (κ3) is 4.37. The molecule has 3 atom stereocenters. The largest absolute Gasteiger partial charge is 0.387 e. The average Bonchev–Trinajstić information content (AvgIpc) is 3.15. The zero-order chi connectivity index (χ0) is 19.4. The van der Waals surface area contributed by atoms with E-state index in [0.29, 0.717) is 0 Å². The Morgan fingerprint density at radius 1 is 0.963 bits per heavy atom. The van der Waals surface area contributed by atoms with E-state index in [1.807, 2.05) is 99.7 Å². The molecular formula is C24H27NO2. The number of aliphatic hydroxyl groups is 1. The highest BCUT2D eigenvalue weighted by molar-refractivity contribution is 5.82. The Kier molecular flexibility index (Phi) is 5.62. The van der Waals surface area contributed by atoms with Crippen LogP contribution >= 0.6 is 0 Å². The summed E-state index contributed by atoms with van der Waals surface area (Å²) in [5.74, 6) is -0.199. The fourth-order valence-electron chi connectivity index (χ4n) is 3.29. The van der Waals surface area contributed by atoms with Crippen LogP contribution in [0, 0.1) is 11.3 Å². The van der Waals surface area contributed by atoms with Crippen molar-refractivity contribution < 1.29 is 9.90 Å². The summed E-state index contributed by atoms with van der Waals surface area (Å²) in [6.07, 6.45) is 5.32. The lowest BCUT2D eigenvalue weighted by molar-refractivity contribution is -0.129. The lowest BCUT2D eigenvalue weighted by Crippen LogP contribution is -2.39. The fraction of sp³-hybridized carbons (Fsp3) is 0.292. The van der Waals surface area contributed by atoms with Gasteiger partial charge < -0.3 is 10.4 Å². The summed E-state index contributed by atoms with van der Waals surface area (Å²) in [7, 11) is 0. The minimum absolute atomic E-state index is 0.0166. The van der Waals surface area contributed by atoms with Crippen LogP contribution < -0.4 is 5.32 Å². The lowest BCUT2D eigenvalue weighted by atomic mass is 9.84. The first-order valence-corrected chi connectivity index (χ1v) is 9.35. The second kappa shape index (κ2) is 7.93. The van der Waals surface area contributed by atoms with Crippen molar-refractivity contribution in [2.45, 2.75) is 32.9 Å². The molecule has 2 aromatic carbocycles. The molecule has 1 unspecified atom stereocenters. The van der Waals surface area contributed by atoms with Crippen LogP contribution in [0.3, 0.4) is 0 Å². The minimum atomic E-state index is -0.658. The van der Waals surface area contributed by atoms with E-state index in [-0.39, 0.29) is 17.9 Å². The third-order valence-corrected chi connectivity index (χ3v) is 4.90. The Bertz CT molecular complexity index is 832. The molecule has 140 valence electrons. The van der Waals surface area contributed by atoms with Crippen molar-refractivity contribution in [1.82, 2.24) is 5.32 Å². The van der Waals surface area contributed by atoms with Crippen LogP contribution in [0.4, 0.5) is 0 Å². The van der Waals surface area contributed by atoms with E-state index >= 15 is 0 Å². The van der Waals surface area contributed by atoms with Crippen molar-refractivity contribution in [3.63, 3.8) is 0 Å². The van der Waals surface area contributed by atoms with Crippen LogP contribution in [-0.2, 0) is 4.79 Å². The molecule has 0 bridgehead atoms. The van der Waals surface area contributed by atoms with Gasteiger partial charge in [-0.05, 0) is 16.7 Å². The third-order valence-electron chi connectivity index (χ3n) is 4.90. The predicted molar refractivity (Wildman–Crippen MR) is 109 cm³/mol. The number of hydrogen-bond donors (Lipinski definition) is 2. The Morgan fingerprint density at radius 3 is 2.07 bits per heavy atom. The van der Waals surface area contributed by atoms with E-state index in [0.717, 1.165) is 16.7 Å². The van der Waals surface area contributed by atoms with Crippen LogP contribution in [0.25, 0.3) is 0 Å². The first-order chi connectivity index (χ1) is 12.9. The summed E-state index contributed by atoms with van der Waals surface area (Å²) in [5, 5.41) is 14.2. The molecule has 27 heavy (non-hydrogen) atoms. The van der Waals surface area contributed by atoms with E-state index in [1.165, 1.54) is 0 Å². The van der Waals surface area contributed by atoms with Gasteiger partial charge in [-0.25, -0.2) is 0 Å². The van der Waals surface area contributed by atoms with Crippen LogP contribution in [0.2, 0.25) is 0 Å². The number of allylic oxidation sites excluding steroid dienone is 2. The molecule has 3 rings (SSSR count). The van der Waals surface area contributed by atoms with Crippen molar-refractivity contribution in [1.29, 1.82) is 0 Å². The monoisotopic (exact) mass is 361 g/mol. The smallest absolute Gasteiger partial charge is 0.226 e. The Hall–Kier alpha value is -2.65. The zero-order valence-electron chi connectivity index (χ0n) is 16.1. The molecule has 0 radical (unpaired) electrons. The van der Waals surface area contributed by atoms with Gasteiger partial charge in [0.05, 0.1) is 12.1 Å². The summed E-state index contributed by atoms with van der Waals surface area (Å²) < 4.78 is 0. The summed E-state index contributed by atoms with van der Waals surface area (Å²) in [4.78, 5) is 12.7. The average molecular weight is 361 g/mol. The van der Waals surface area contributed by atoms with Gasteiger partial charge in [-0.3, -0.25) is 4.79 Å². The molecule has 1 amide bonds. The van der Waals surface area contributed by atoms with Crippen molar-refractivity contribution >= 4 is 5.91 Å². The molecule has 0 saturated heterocycles. The Labute approximate surface area is 161 Å². The number of aliphatic hydroxyl groups excluding tert-OH is 1. The molecule has 0 aromatic heterocycles. The van der Waals surface area contributed by atoms with Crippen molar-refractivity contribution in [3.8, 4) is 0 Å². The minimum Gasteiger partial charge on any atom is -0.387 e. The summed E-state index contributed by atoms with van der Waals surface area (Å²) in [6.45, 7) is 5.71. The van der Waals surface area contributed by atoms with E-state index < -0.39 is 11.5 Å². The number of amides is 1. The second-order valence-corrected chi connectivity index (χ2v) is 8.00. The van der Waals surface area contributed by atoms with Gasteiger partial charge in [0.25, 0.3) is 0 Å². The van der Waals surface area contributed by atoms with Gasteiger partial charge in [-0.1, -0.05) is 99.7 Å². The fourth-order valence-corrected chi connectivity index (χ4v) is 3.29. The summed E-state index contributed by atoms with van der Waals surface area (Å²) >= 11 is 0. The predicted octanol–water partition coefficient (Wildman–Crippen LogP) is 4.74. The van der Waals surface area contributed by atoms with Gasteiger partial charge in [0.15, 0.2) is 0 Å². The van der Waals surface area contributed by atoms with Gasteiger partial charge in [0.2, 0.25) is 5.91 Å². The number of benzene rings is 2. The first kappa shape index (κ1) is 19.1. The van der Waals surface area contributed by atoms with Crippen LogP contribution in [-0.4, -0.2) is 11.0 Å². The van der Waals surface area contributed by atoms with E-state index in [4.69, 9.17) is 0 Å². The van der Waals surface area contributed by atoms with Gasteiger partial charge >= 0.3 is 0 Å². The first-order valence-electron chi connectivity index (χ1n) is 9.35. The Morgan fingerprint density at radius 2 is 1.52 bits per heavy atom.